The van der Waals surface area contributed by atoms with Gasteiger partial charge in [0, 0.05) is 6.07 Å². The Hall–Kier alpha value is -0.970. The average Bonchev–Trinajstić information content (AvgIpc) is 2.81. The quantitative estimate of drug-likeness (QED) is 0.631. The number of halogens is 1. The lowest BCUT2D eigenvalue weighted by molar-refractivity contribution is -0.651. The zero-order valence-electron chi connectivity index (χ0n) is 9.40. The Balaban J connectivity index is 0.00000128. The minimum atomic E-state index is 0. The molecule has 0 amide bonds. The fourth-order valence-corrected chi connectivity index (χ4v) is 1.72. The lowest BCUT2D eigenvalue weighted by Crippen LogP contribution is -3.00. The minimum absolute atomic E-state index is 0. The number of quaternary nitrogens is 1. The van der Waals surface area contributed by atoms with E-state index in [4.69, 9.17) is 14.2 Å². The molecule has 2 N–H and O–H groups in total. The molecule has 0 bridgehead atoms. The summed E-state index contributed by atoms with van der Waals surface area (Å²) in [6, 6.07) is 5.85. The van der Waals surface area contributed by atoms with Crippen LogP contribution in [0.25, 0.3) is 0 Å². The first kappa shape index (κ1) is 13.1. The number of ether oxygens (including phenoxy) is 3. The maximum atomic E-state index is 5.57. The molecule has 1 heterocycles. The average molecular weight is 246 g/mol. The third-order valence-electron chi connectivity index (χ3n) is 2.54. The molecule has 1 saturated heterocycles. The molecule has 0 saturated carbocycles. The highest BCUT2D eigenvalue weighted by Crippen LogP contribution is 2.27. The zero-order chi connectivity index (χ0) is 10.7. The fraction of sp³-hybridized carbons (Fsp3) is 0.455. The van der Waals surface area contributed by atoms with Crippen molar-refractivity contribution < 1.29 is 31.9 Å². The summed E-state index contributed by atoms with van der Waals surface area (Å²) in [5.41, 5.74) is 1.11. The van der Waals surface area contributed by atoms with Gasteiger partial charge in [0.15, 0.2) is 6.73 Å². The molecule has 0 spiro atoms. The summed E-state index contributed by atoms with van der Waals surface area (Å²) in [6.45, 7) is 1.68. The maximum absolute atomic E-state index is 5.57. The second-order valence-corrected chi connectivity index (χ2v) is 3.49. The molecule has 16 heavy (non-hydrogen) atoms. The molecular weight excluding hydrogens is 230 g/mol. The van der Waals surface area contributed by atoms with Crippen LogP contribution in [-0.4, -0.2) is 27.5 Å². The summed E-state index contributed by atoms with van der Waals surface area (Å²) >= 11 is 0. The first-order valence-corrected chi connectivity index (χ1v) is 4.99. The van der Waals surface area contributed by atoms with Crippen molar-refractivity contribution in [1.82, 2.24) is 0 Å². The molecule has 90 valence electrons. The Morgan fingerprint density at radius 1 is 1.19 bits per heavy atom. The van der Waals surface area contributed by atoms with E-state index in [9.17, 15) is 0 Å². The number of nitrogens with two attached hydrogens (primary N) is 1. The zero-order valence-corrected chi connectivity index (χ0v) is 10.2. The number of hydrogen-bond donors (Lipinski definition) is 1. The second-order valence-electron chi connectivity index (χ2n) is 3.49. The lowest BCUT2D eigenvalue weighted by Gasteiger charge is -2.10. The van der Waals surface area contributed by atoms with E-state index >= 15 is 0 Å². The SMILES string of the molecule is COc1cc(OC)cc(C2C[NH2+]CO2)c1.[Cl-]. The van der Waals surface area contributed by atoms with Crippen LogP contribution in [0.1, 0.15) is 11.7 Å². The number of methoxy groups -OCH3 is 2. The molecular formula is C11H16ClNO3. The van der Waals surface area contributed by atoms with E-state index < -0.39 is 0 Å². The molecule has 5 heteroatoms. The number of rotatable bonds is 3. The second kappa shape index (κ2) is 5.94. The van der Waals surface area contributed by atoms with Gasteiger partial charge in [-0.3, -0.25) is 0 Å². The summed E-state index contributed by atoms with van der Waals surface area (Å²) in [6.07, 6.45) is 0.147. The molecule has 1 fully saturated rings. The molecule has 2 rings (SSSR count). The Labute approximate surface area is 101 Å². The summed E-state index contributed by atoms with van der Waals surface area (Å²) in [7, 11) is 3.31. The van der Waals surface area contributed by atoms with Gasteiger partial charge in [0.2, 0.25) is 0 Å². The van der Waals surface area contributed by atoms with Crippen LogP contribution in [0.5, 0.6) is 11.5 Å². The van der Waals surface area contributed by atoms with Gasteiger partial charge >= 0.3 is 0 Å². The van der Waals surface area contributed by atoms with E-state index in [0.29, 0.717) is 0 Å². The normalized spacial score (nSPS) is 19.0. The lowest BCUT2D eigenvalue weighted by atomic mass is 10.1. The van der Waals surface area contributed by atoms with E-state index in [2.05, 4.69) is 5.32 Å². The summed E-state index contributed by atoms with van der Waals surface area (Å²) in [5.74, 6) is 1.61. The van der Waals surface area contributed by atoms with Gasteiger partial charge in [-0.05, 0) is 17.7 Å². The third kappa shape index (κ3) is 2.78. The molecule has 1 aromatic rings. The molecule has 1 unspecified atom stereocenters. The topological polar surface area (TPSA) is 44.3 Å². The smallest absolute Gasteiger partial charge is 0.181 e. The maximum Gasteiger partial charge on any atom is 0.181 e. The van der Waals surface area contributed by atoms with Crippen molar-refractivity contribution in [2.45, 2.75) is 6.10 Å². The van der Waals surface area contributed by atoms with E-state index in [1.54, 1.807) is 14.2 Å². The Morgan fingerprint density at radius 2 is 1.81 bits per heavy atom. The molecule has 4 nitrogen and oxygen atoms in total. The summed E-state index contributed by atoms with van der Waals surface area (Å²) < 4.78 is 16.0. The van der Waals surface area contributed by atoms with Crippen LogP contribution >= 0.6 is 0 Å². The fourth-order valence-electron chi connectivity index (χ4n) is 1.72. The largest absolute Gasteiger partial charge is 1.00 e. The molecule has 1 atom stereocenters. The van der Waals surface area contributed by atoms with Gasteiger partial charge < -0.3 is 31.9 Å². The molecule has 1 aliphatic rings. The molecule has 0 aromatic heterocycles. The van der Waals surface area contributed by atoms with Crippen molar-refractivity contribution >= 4 is 0 Å². The van der Waals surface area contributed by atoms with Crippen LogP contribution in [0.4, 0.5) is 0 Å². The first-order chi connectivity index (χ1) is 7.33. The predicted octanol–water partition coefficient (Wildman–Crippen LogP) is -2.70. The predicted molar refractivity (Wildman–Crippen MR) is 55.0 cm³/mol. The van der Waals surface area contributed by atoms with Crippen LogP contribution in [-0.2, 0) is 4.74 Å². The highest BCUT2D eigenvalue weighted by Gasteiger charge is 2.21. The van der Waals surface area contributed by atoms with Gasteiger partial charge in [0.05, 0.1) is 14.2 Å². The Kier molecular flexibility index (Phi) is 4.86. The minimum Gasteiger partial charge on any atom is -1.00 e. The standard InChI is InChI=1S/C11H15NO3.ClH/c1-13-9-3-8(4-10(5-9)14-2)11-6-12-7-15-11;/h3-5,11-12H,6-7H2,1-2H3;1H. The third-order valence-corrected chi connectivity index (χ3v) is 2.54. The van der Waals surface area contributed by atoms with Crippen LogP contribution in [0.15, 0.2) is 18.2 Å². The van der Waals surface area contributed by atoms with Crippen molar-refractivity contribution in [3.05, 3.63) is 23.8 Å². The summed E-state index contributed by atoms with van der Waals surface area (Å²) in [5, 5.41) is 2.14. The van der Waals surface area contributed by atoms with Crippen LogP contribution in [0.3, 0.4) is 0 Å². The summed E-state index contributed by atoms with van der Waals surface area (Å²) in [4.78, 5) is 0. The van der Waals surface area contributed by atoms with Gasteiger partial charge in [-0.25, -0.2) is 0 Å². The van der Waals surface area contributed by atoms with Gasteiger partial charge in [0.1, 0.15) is 24.1 Å². The molecule has 0 radical (unpaired) electrons. The van der Waals surface area contributed by atoms with Crippen LogP contribution in [0.2, 0.25) is 0 Å². The van der Waals surface area contributed by atoms with E-state index in [0.717, 1.165) is 30.3 Å². The van der Waals surface area contributed by atoms with E-state index in [1.807, 2.05) is 18.2 Å². The first-order valence-electron chi connectivity index (χ1n) is 4.99. The number of benzene rings is 1. The number of hydrogen-bond acceptors (Lipinski definition) is 3. The Bertz CT molecular complexity index is 318. The van der Waals surface area contributed by atoms with Gasteiger partial charge in [0.25, 0.3) is 0 Å². The molecule has 0 aliphatic carbocycles. The molecule has 1 aliphatic heterocycles. The molecule has 1 aromatic carbocycles. The van der Waals surface area contributed by atoms with E-state index in [-0.39, 0.29) is 18.5 Å². The van der Waals surface area contributed by atoms with Crippen molar-refractivity contribution in [3.63, 3.8) is 0 Å². The van der Waals surface area contributed by atoms with Gasteiger partial charge in [-0.2, -0.15) is 0 Å². The van der Waals surface area contributed by atoms with Crippen molar-refractivity contribution in [1.29, 1.82) is 0 Å². The van der Waals surface area contributed by atoms with Crippen LogP contribution in [0, 0.1) is 0 Å². The van der Waals surface area contributed by atoms with Crippen molar-refractivity contribution in [3.8, 4) is 11.5 Å². The monoisotopic (exact) mass is 245 g/mol. The van der Waals surface area contributed by atoms with Crippen LogP contribution < -0.4 is 27.2 Å². The highest BCUT2D eigenvalue weighted by atomic mass is 35.5. The van der Waals surface area contributed by atoms with Gasteiger partial charge in [-0.1, -0.05) is 0 Å². The van der Waals surface area contributed by atoms with E-state index in [1.165, 1.54) is 0 Å². The van der Waals surface area contributed by atoms with Crippen molar-refractivity contribution in [2.24, 2.45) is 0 Å². The highest BCUT2D eigenvalue weighted by molar-refractivity contribution is 5.39. The van der Waals surface area contributed by atoms with Crippen molar-refractivity contribution in [2.75, 3.05) is 27.5 Å². The van der Waals surface area contributed by atoms with Gasteiger partial charge in [-0.15, -0.1) is 0 Å². The Morgan fingerprint density at radius 3 is 2.25 bits per heavy atom.